The molecule has 0 fully saturated rings. The number of fused-ring (bicyclic) bond motifs is 1. The molecule has 2 aromatic rings. The summed E-state index contributed by atoms with van der Waals surface area (Å²) in [6, 6.07) is 15.1. The third kappa shape index (κ3) is 4.84. The highest BCUT2D eigenvalue weighted by Crippen LogP contribution is 2.29. The van der Waals surface area contributed by atoms with E-state index in [1.54, 1.807) is 0 Å². The number of anilines is 1. The van der Waals surface area contributed by atoms with Gasteiger partial charge in [-0.05, 0) is 41.7 Å². The molecule has 6 nitrogen and oxygen atoms in total. The number of hydrogen-bond donors (Lipinski definition) is 1. The molecular formula is C21H26N2O4S. The SMILES string of the molecule is CC(C)c1ccc(OCC(=O)NCCS(=O)(=O)N2CCc3ccccc32)cc1. The number of carbonyl (C=O) groups is 1. The van der Waals surface area contributed by atoms with Crippen LogP contribution < -0.4 is 14.4 Å². The van der Waals surface area contributed by atoms with Gasteiger partial charge in [0.2, 0.25) is 10.0 Å². The monoisotopic (exact) mass is 402 g/mol. The van der Waals surface area contributed by atoms with Gasteiger partial charge in [-0.15, -0.1) is 0 Å². The lowest BCUT2D eigenvalue weighted by Gasteiger charge is -2.19. The molecule has 0 atom stereocenters. The van der Waals surface area contributed by atoms with Crippen molar-refractivity contribution in [3.63, 3.8) is 0 Å². The molecule has 7 heteroatoms. The van der Waals surface area contributed by atoms with Crippen LogP contribution in [-0.2, 0) is 21.2 Å². The first kappa shape index (κ1) is 20.2. The number of rotatable bonds is 8. The van der Waals surface area contributed by atoms with E-state index in [9.17, 15) is 13.2 Å². The Morgan fingerprint density at radius 1 is 1.14 bits per heavy atom. The van der Waals surface area contributed by atoms with E-state index in [0.29, 0.717) is 24.6 Å². The predicted octanol–water partition coefficient (Wildman–Crippen LogP) is 2.70. The Hall–Kier alpha value is -2.54. The Morgan fingerprint density at radius 2 is 1.86 bits per heavy atom. The Bertz CT molecular complexity index is 924. The first-order valence-corrected chi connectivity index (χ1v) is 11.1. The summed E-state index contributed by atoms with van der Waals surface area (Å²) < 4.78 is 32.1. The molecule has 0 saturated heterocycles. The van der Waals surface area contributed by atoms with E-state index >= 15 is 0 Å². The molecule has 0 aliphatic carbocycles. The maximum Gasteiger partial charge on any atom is 0.257 e. The summed E-state index contributed by atoms with van der Waals surface area (Å²) in [5, 5.41) is 2.62. The summed E-state index contributed by atoms with van der Waals surface area (Å²) in [7, 11) is -3.47. The van der Waals surface area contributed by atoms with Gasteiger partial charge in [0.05, 0.1) is 11.4 Å². The summed E-state index contributed by atoms with van der Waals surface area (Å²) >= 11 is 0. The van der Waals surface area contributed by atoms with Gasteiger partial charge >= 0.3 is 0 Å². The summed E-state index contributed by atoms with van der Waals surface area (Å²) in [4.78, 5) is 12.0. The lowest BCUT2D eigenvalue weighted by atomic mass is 10.0. The Labute approximate surface area is 166 Å². The summed E-state index contributed by atoms with van der Waals surface area (Å²) in [5.41, 5.74) is 2.97. The van der Waals surface area contributed by atoms with Gasteiger partial charge in [0.25, 0.3) is 5.91 Å². The molecule has 1 aliphatic rings. The van der Waals surface area contributed by atoms with Crippen LogP contribution in [0.4, 0.5) is 5.69 Å². The number of nitrogens with one attached hydrogen (secondary N) is 1. The van der Waals surface area contributed by atoms with Crippen LogP contribution >= 0.6 is 0 Å². The molecule has 1 heterocycles. The van der Waals surface area contributed by atoms with Gasteiger partial charge in [-0.3, -0.25) is 9.10 Å². The minimum Gasteiger partial charge on any atom is -0.484 e. The first-order valence-electron chi connectivity index (χ1n) is 9.44. The molecule has 0 bridgehead atoms. The second-order valence-electron chi connectivity index (χ2n) is 7.13. The second kappa shape index (κ2) is 8.65. The van der Waals surface area contributed by atoms with E-state index in [1.807, 2.05) is 48.5 Å². The van der Waals surface area contributed by atoms with Crippen LogP contribution in [0.1, 0.15) is 30.9 Å². The van der Waals surface area contributed by atoms with Crippen molar-refractivity contribution in [1.82, 2.24) is 5.32 Å². The maximum atomic E-state index is 12.6. The number of carbonyl (C=O) groups excluding carboxylic acids is 1. The van der Waals surface area contributed by atoms with Crippen molar-refractivity contribution < 1.29 is 17.9 Å². The number of amides is 1. The molecule has 2 aromatic carbocycles. The van der Waals surface area contributed by atoms with Gasteiger partial charge in [-0.1, -0.05) is 44.2 Å². The fraction of sp³-hybridized carbons (Fsp3) is 0.381. The van der Waals surface area contributed by atoms with Crippen LogP contribution in [-0.4, -0.2) is 39.8 Å². The Balaban J connectivity index is 1.45. The Morgan fingerprint density at radius 3 is 2.57 bits per heavy atom. The van der Waals surface area contributed by atoms with Crippen molar-refractivity contribution in [3.8, 4) is 5.75 Å². The first-order chi connectivity index (χ1) is 13.4. The zero-order chi connectivity index (χ0) is 20.1. The molecule has 150 valence electrons. The highest BCUT2D eigenvalue weighted by molar-refractivity contribution is 7.92. The summed E-state index contributed by atoms with van der Waals surface area (Å²) in [6.07, 6.45) is 0.713. The van der Waals surface area contributed by atoms with E-state index in [1.165, 1.54) is 9.87 Å². The van der Waals surface area contributed by atoms with E-state index in [-0.39, 0.29) is 24.8 Å². The van der Waals surface area contributed by atoms with Gasteiger partial charge in [0.15, 0.2) is 6.61 Å². The predicted molar refractivity (Wildman–Crippen MR) is 110 cm³/mol. The summed E-state index contributed by atoms with van der Waals surface area (Å²) in [5.74, 6) is 0.559. The molecular weight excluding hydrogens is 376 g/mol. The topological polar surface area (TPSA) is 75.7 Å². The van der Waals surface area contributed by atoms with E-state index in [2.05, 4.69) is 19.2 Å². The molecule has 28 heavy (non-hydrogen) atoms. The fourth-order valence-electron chi connectivity index (χ4n) is 3.18. The van der Waals surface area contributed by atoms with Crippen LogP contribution in [0.15, 0.2) is 48.5 Å². The molecule has 0 saturated carbocycles. The second-order valence-corrected chi connectivity index (χ2v) is 9.14. The standard InChI is InChI=1S/C21H26N2O4S/c1-16(2)17-7-9-19(10-8-17)27-15-21(24)22-12-14-28(25,26)23-13-11-18-5-3-4-6-20(18)23/h3-10,16H,11-15H2,1-2H3,(H,22,24). The lowest BCUT2D eigenvalue weighted by molar-refractivity contribution is -0.122. The van der Waals surface area contributed by atoms with Crippen LogP contribution in [0.2, 0.25) is 0 Å². The van der Waals surface area contributed by atoms with Gasteiger partial charge in [0, 0.05) is 13.1 Å². The summed E-state index contributed by atoms with van der Waals surface area (Å²) in [6.45, 7) is 4.57. The quantitative estimate of drug-likeness (QED) is 0.737. The zero-order valence-corrected chi connectivity index (χ0v) is 17.0. The van der Waals surface area contributed by atoms with Crippen molar-refractivity contribution in [2.75, 3.05) is 29.8 Å². The molecule has 0 spiro atoms. The van der Waals surface area contributed by atoms with E-state index < -0.39 is 10.0 Å². The average molecular weight is 403 g/mol. The minimum atomic E-state index is -3.47. The number of hydrogen-bond acceptors (Lipinski definition) is 4. The third-order valence-corrected chi connectivity index (χ3v) is 6.55. The van der Waals surface area contributed by atoms with Crippen molar-refractivity contribution in [2.45, 2.75) is 26.2 Å². The van der Waals surface area contributed by atoms with Crippen molar-refractivity contribution in [1.29, 1.82) is 0 Å². The van der Waals surface area contributed by atoms with Gasteiger partial charge in [-0.25, -0.2) is 8.42 Å². The van der Waals surface area contributed by atoms with Crippen molar-refractivity contribution in [2.24, 2.45) is 0 Å². The molecule has 3 rings (SSSR count). The van der Waals surface area contributed by atoms with Gasteiger partial charge in [-0.2, -0.15) is 0 Å². The molecule has 0 aromatic heterocycles. The molecule has 1 aliphatic heterocycles. The largest absolute Gasteiger partial charge is 0.484 e. The number of sulfonamides is 1. The van der Waals surface area contributed by atoms with Gasteiger partial charge < -0.3 is 10.1 Å². The smallest absolute Gasteiger partial charge is 0.257 e. The van der Waals surface area contributed by atoms with Gasteiger partial charge in [0.1, 0.15) is 5.75 Å². The maximum absolute atomic E-state index is 12.6. The van der Waals surface area contributed by atoms with Crippen LogP contribution in [0.5, 0.6) is 5.75 Å². The Kier molecular flexibility index (Phi) is 6.24. The fourth-order valence-corrected chi connectivity index (χ4v) is 4.60. The molecule has 0 radical (unpaired) electrons. The normalized spacial score (nSPS) is 13.5. The minimum absolute atomic E-state index is 0.0511. The van der Waals surface area contributed by atoms with E-state index in [4.69, 9.17) is 4.74 Å². The lowest BCUT2D eigenvalue weighted by Crippen LogP contribution is -2.38. The molecule has 1 amide bonds. The highest BCUT2D eigenvalue weighted by Gasteiger charge is 2.28. The highest BCUT2D eigenvalue weighted by atomic mass is 32.2. The van der Waals surface area contributed by atoms with Crippen LogP contribution in [0.25, 0.3) is 0 Å². The molecule has 1 N–H and O–H groups in total. The van der Waals surface area contributed by atoms with Crippen LogP contribution in [0, 0.1) is 0 Å². The average Bonchev–Trinajstić information content (AvgIpc) is 3.11. The zero-order valence-electron chi connectivity index (χ0n) is 16.2. The number of benzene rings is 2. The van der Waals surface area contributed by atoms with E-state index in [0.717, 1.165) is 11.3 Å². The third-order valence-electron chi connectivity index (χ3n) is 4.78. The molecule has 0 unspecified atom stereocenters. The number of ether oxygens (including phenoxy) is 1. The van der Waals surface area contributed by atoms with Crippen molar-refractivity contribution >= 4 is 21.6 Å². The number of nitrogens with zero attached hydrogens (tertiary/aromatic N) is 1. The number of para-hydroxylation sites is 1. The van der Waals surface area contributed by atoms with Crippen molar-refractivity contribution in [3.05, 3.63) is 59.7 Å². The van der Waals surface area contributed by atoms with Crippen LogP contribution in [0.3, 0.4) is 0 Å².